The highest BCUT2D eigenvalue weighted by Crippen LogP contribution is 2.31. The van der Waals surface area contributed by atoms with Crippen LogP contribution in [0.4, 0.5) is 5.69 Å². The molecule has 1 aromatic heterocycles. The predicted octanol–water partition coefficient (Wildman–Crippen LogP) is 3.46. The normalized spacial score (nSPS) is 25.8. The Kier molecular flexibility index (Phi) is 3.20. The van der Waals surface area contributed by atoms with E-state index in [9.17, 15) is 0 Å². The van der Waals surface area contributed by atoms with Crippen molar-refractivity contribution in [2.45, 2.75) is 31.3 Å². The van der Waals surface area contributed by atoms with Gasteiger partial charge in [-0.1, -0.05) is 12.1 Å². The third-order valence-corrected chi connectivity index (χ3v) is 5.32. The Labute approximate surface area is 123 Å². The van der Waals surface area contributed by atoms with Crippen molar-refractivity contribution in [3.8, 4) is 10.6 Å². The molecule has 2 atom stereocenters. The molecule has 2 fully saturated rings. The Hall–Kier alpha value is -1.39. The molecule has 3 heterocycles. The third kappa shape index (κ3) is 2.23. The lowest BCUT2D eigenvalue weighted by Gasteiger charge is -2.22. The second-order valence-corrected chi connectivity index (χ2v) is 6.60. The van der Waals surface area contributed by atoms with Crippen molar-refractivity contribution >= 4 is 17.0 Å². The van der Waals surface area contributed by atoms with Crippen molar-refractivity contribution in [3.05, 3.63) is 35.8 Å². The molecule has 104 valence electrons. The van der Waals surface area contributed by atoms with Gasteiger partial charge in [-0.15, -0.1) is 11.3 Å². The van der Waals surface area contributed by atoms with Gasteiger partial charge in [0.05, 0.1) is 0 Å². The van der Waals surface area contributed by atoms with Gasteiger partial charge in [-0.05, 0) is 37.9 Å². The lowest BCUT2D eigenvalue weighted by molar-refractivity contribution is 0.318. The number of benzene rings is 1. The Morgan fingerprint density at radius 1 is 1.25 bits per heavy atom. The molecule has 0 radical (unpaired) electrons. The van der Waals surface area contributed by atoms with Crippen LogP contribution in [-0.2, 0) is 0 Å². The molecule has 0 aliphatic carbocycles. The van der Waals surface area contributed by atoms with Crippen molar-refractivity contribution in [2.24, 2.45) is 0 Å². The van der Waals surface area contributed by atoms with Crippen molar-refractivity contribution in [3.63, 3.8) is 0 Å². The van der Waals surface area contributed by atoms with Gasteiger partial charge < -0.3 is 5.32 Å². The first-order chi connectivity index (χ1) is 9.90. The Balaban J connectivity index is 1.53. The summed E-state index contributed by atoms with van der Waals surface area (Å²) in [5.74, 6) is 0. The van der Waals surface area contributed by atoms with E-state index in [-0.39, 0.29) is 0 Å². The largest absolute Gasteiger partial charge is 0.381 e. The molecule has 4 heteroatoms. The highest BCUT2D eigenvalue weighted by atomic mass is 32.1. The van der Waals surface area contributed by atoms with E-state index in [2.05, 4.69) is 39.5 Å². The fourth-order valence-corrected chi connectivity index (χ4v) is 4.21. The van der Waals surface area contributed by atoms with Crippen LogP contribution in [0.3, 0.4) is 0 Å². The molecular weight excluding hydrogens is 266 g/mol. The molecule has 0 amide bonds. The zero-order chi connectivity index (χ0) is 13.4. The Bertz CT molecular complexity index is 581. The number of nitrogens with zero attached hydrogens (tertiary/aromatic N) is 2. The van der Waals surface area contributed by atoms with Gasteiger partial charge in [0.25, 0.3) is 0 Å². The van der Waals surface area contributed by atoms with E-state index in [1.807, 2.05) is 11.6 Å². The predicted molar refractivity (Wildman–Crippen MR) is 84.2 cm³/mol. The number of thiazole rings is 1. The van der Waals surface area contributed by atoms with Crippen molar-refractivity contribution < 1.29 is 0 Å². The quantitative estimate of drug-likeness (QED) is 0.936. The van der Waals surface area contributed by atoms with Gasteiger partial charge in [-0.2, -0.15) is 0 Å². The fraction of sp³-hybridized carbons (Fsp3) is 0.438. The number of hydrogen-bond acceptors (Lipinski definition) is 4. The Morgan fingerprint density at radius 2 is 2.25 bits per heavy atom. The van der Waals surface area contributed by atoms with E-state index in [1.54, 1.807) is 11.3 Å². The lowest BCUT2D eigenvalue weighted by atomic mass is 10.1. The summed E-state index contributed by atoms with van der Waals surface area (Å²) in [5.41, 5.74) is 2.45. The first-order valence-electron chi connectivity index (χ1n) is 7.41. The molecule has 1 N–H and O–H groups in total. The van der Waals surface area contributed by atoms with Gasteiger partial charge in [0.2, 0.25) is 0 Å². The first kappa shape index (κ1) is 12.4. The van der Waals surface area contributed by atoms with Crippen LogP contribution in [0.1, 0.15) is 19.3 Å². The molecule has 3 nitrogen and oxygen atoms in total. The van der Waals surface area contributed by atoms with Gasteiger partial charge >= 0.3 is 0 Å². The zero-order valence-electron chi connectivity index (χ0n) is 11.5. The highest BCUT2D eigenvalue weighted by molar-refractivity contribution is 7.13. The standard InChI is InChI=1S/C16H19N3S/c1-3-12(16-17-7-10-20-16)11-13(4-1)18-14-6-9-19-8-2-5-15(14)19/h1,3-4,7,10-11,14-15,18H,2,5-6,8-9H2. The van der Waals surface area contributed by atoms with Gasteiger partial charge in [0.15, 0.2) is 0 Å². The highest BCUT2D eigenvalue weighted by Gasteiger charge is 2.36. The second-order valence-electron chi connectivity index (χ2n) is 5.70. The maximum absolute atomic E-state index is 4.40. The topological polar surface area (TPSA) is 28.2 Å². The van der Waals surface area contributed by atoms with Crippen LogP contribution in [-0.4, -0.2) is 35.1 Å². The van der Waals surface area contributed by atoms with Crippen LogP contribution < -0.4 is 5.32 Å². The monoisotopic (exact) mass is 285 g/mol. The third-order valence-electron chi connectivity index (χ3n) is 4.50. The second kappa shape index (κ2) is 5.19. The van der Waals surface area contributed by atoms with Crippen LogP contribution >= 0.6 is 11.3 Å². The number of anilines is 1. The first-order valence-corrected chi connectivity index (χ1v) is 8.29. The number of fused-ring (bicyclic) bond motifs is 1. The number of hydrogen-bond donors (Lipinski definition) is 1. The molecular formula is C16H19N3S. The Morgan fingerprint density at radius 3 is 3.15 bits per heavy atom. The van der Waals surface area contributed by atoms with E-state index in [4.69, 9.17) is 0 Å². The summed E-state index contributed by atoms with van der Waals surface area (Å²) in [6, 6.07) is 10.0. The van der Waals surface area contributed by atoms with Crippen molar-refractivity contribution in [2.75, 3.05) is 18.4 Å². The molecule has 2 unspecified atom stereocenters. The molecule has 0 spiro atoms. The minimum atomic E-state index is 0.615. The molecule has 2 aliphatic heterocycles. The summed E-state index contributed by atoms with van der Waals surface area (Å²) in [6.45, 7) is 2.55. The van der Waals surface area contributed by atoms with Crippen molar-refractivity contribution in [1.29, 1.82) is 0 Å². The maximum Gasteiger partial charge on any atom is 0.123 e. The summed E-state index contributed by atoms with van der Waals surface area (Å²) >= 11 is 1.70. The fourth-order valence-electron chi connectivity index (χ4n) is 3.57. The van der Waals surface area contributed by atoms with Gasteiger partial charge in [0, 0.05) is 41.5 Å². The van der Waals surface area contributed by atoms with Gasteiger partial charge in [-0.3, -0.25) is 4.90 Å². The lowest BCUT2D eigenvalue weighted by Crippen LogP contribution is -2.33. The summed E-state index contributed by atoms with van der Waals surface area (Å²) in [6.07, 6.45) is 5.85. The zero-order valence-corrected chi connectivity index (χ0v) is 12.3. The maximum atomic E-state index is 4.40. The van der Waals surface area contributed by atoms with Crippen LogP contribution in [0.2, 0.25) is 0 Å². The molecule has 2 aromatic rings. The molecule has 2 aliphatic rings. The van der Waals surface area contributed by atoms with E-state index >= 15 is 0 Å². The average Bonchev–Trinajstić information content (AvgIpc) is 3.18. The molecule has 4 rings (SSSR count). The van der Waals surface area contributed by atoms with Crippen LogP contribution in [0.5, 0.6) is 0 Å². The molecule has 0 saturated carbocycles. The van der Waals surface area contributed by atoms with Crippen LogP contribution in [0.15, 0.2) is 35.8 Å². The van der Waals surface area contributed by atoms with E-state index in [0.29, 0.717) is 6.04 Å². The van der Waals surface area contributed by atoms with Gasteiger partial charge in [0.1, 0.15) is 5.01 Å². The summed E-state index contributed by atoms with van der Waals surface area (Å²) in [7, 11) is 0. The summed E-state index contributed by atoms with van der Waals surface area (Å²) in [4.78, 5) is 7.04. The smallest absolute Gasteiger partial charge is 0.123 e. The van der Waals surface area contributed by atoms with Crippen LogP contribution in [0, 0.1) is 0 Å². The molecule has 2 saturated heterocycles. The molecule has 20 heavy (non-hydrogen) atoms. The molecule has 0 bridgehead atoms. The van der Waals surface area contributed by atoms with Crippen molar-refractivity contribution in [1.82, 2.24) is 9.88 Å². The minimum Gasteiger partial charge on any atom is -0.381 e. The van der Waals surface area contributed by atoms with E-state index < -0.39 is 0 Å². The van der Waals surface area contributed by atoms with Gasteiger partial charge in [-0.25, -0.2) is 4.98 Å². The minimum absolute atomic E-state index is 0.615. The number of rotatable bonds is 3. The van der Waals surface area contributed by atoms with E-state index in [1.165, 1.54) is 43.6 Å². The van der Waals surface area contributed by atoms with E-state index in [0.717, 1.165) is 11.0 Å². The summed E-state index contributed by atoms with van der Waals surface area (Å²) in [5, 5.41) is 6.88. The number of aromatic nitrogens is 1. The number of nitrogens with one attached hydrogen (secondary N) is 1. The molecule has 1 aromatic carbocycles. The summed E-state index contributed by atoms with van der Waals surface area (Å²) < 4.78 is 0. The van der Waals surface area contributed by atoms with Crippen LogP contribution in [0.25, 0.3) is 10.6 Å². The average molecular weight is 285 g/mol. The SMILES string of the molecule is c1cc(NC2CCN3CCCC23)cc(-c2nccs2)c1.